The van der Waals surface area contributed by atoms with E-state index in [0.717, 1.165) is 37.4 Å². The topological polar surface area (TPSA) is 97.8 Å². The monoisotopic (exact) mass is 435 g/mol. The van der Waals surface area contributed by atoms with Crippen LogP contribution in [0.4, 0.5) is 0 Å². The number of aromatic nitrogens is 1. The van der Waals surface area contributed by atoms with Gasteiger partial charge < -0.3 is 25.3 Å². The molecule has 2 saturated carbocycles. The number of aliphatic hydroxyl groups is 1. The summed E-state index contributed by atoms with van der Waals surface area (Å²) >= 11 is 0. The van der Waals surface area contributed by atoms with E-state index in [9.17, 15) is 15.0 Å². The maximum Gasteiger partial charge on any atom is 0.268 e. The number of likely N-dealkylation sites (tertiary alicyclic amines) is 1. The number of aromatic amines is 1. The van der Waals surface area contributed by atoms with E-state index in [1.54, 1.807) is 24.4 Å². The summed E-state index contributed by atoms with van der Waals surface area (Å²) in [5.41, 5.74) is 1.15. The molecule has 3 heterocycles. The minimum absolute atomic E-state index is 0.0472. The Balaban J connectivity index is 1.32. The number of piperidine rings is 1. The van der Waals surface area contributed by atoms with Crippen LogP contribution in [0.1, 0.15) is 53.7 Å². The summed E-state index contributed by atoms with van der Waals surface area (Å²) in [6.45, 7) is 1.97. The number of H-pyrrole nitrogens is 1. The van der Waals surface area contributed by atoms with Gasteiger partial charge >= 0.3 is 0 Å². The summed E-state index contributed by atoms with van der Waals surface area (Å²) in [6, 6.07) is 7.11. The van der Waals surface area contributed by atoms with Crippen molar-refractivity contribution in [2.45, 2.75) is 67.7 Å². The molecule has 2 bridgehead atoms. The first-order valence-corrected chi connectivity index (χ1v) is 11.9. The highest BCUT2D eigenvalue weighted by Gasteiger charge is 2.73. The molecule has 5 aliphatic rings. The van der Waals surface area contributed by atoms with Crippen LogP contribution in [0.3, 0.4) is 0 Å². The highest BCUT2D eigenvalue weighted by molar-refractivity contribution is 5.92. The van der Waals surface area contributed by atoms with E-state index in [1.165, 1.54) is 18.4 Å². The normalized spacial score (nSPS) is 37.0. The fourth-order valence-corrected chi connectivity index (χ4v) is 7.35. The Labute approximate surface area is 186 Å². The third-order valence-corrected chi connectivity index (χ3v) is 8.92. The molecule has 5 atom stereocenters. The minimum atomic E-state index is -0.926. The van der Waals surface area contributed by atoms with Gasteiger partial charge in [0.25, 0.3) is 5.91 Å². The van der Waals surface area contributed by atoms with E-state index in [1.807, 2.05) is 6.07 Å². The molecule has 1 aromatic heterocycles. The van der Waals surface area contributed by atoms with Gasteiger partial charge in [-0.05, 0) is 74.8 Å². The number of phenols is 1. The van der Waals surface area contributed by atoms with Crippen LogP contribution in [0.25, 0.3) is 0 Å². The van der Waals surface area contributed by atoms with Crippen LogP contribution < -0.4 is 10.1 Å². The second kappa shape index (κ2) is 6.29. The first-order valence-electron chi connectivity index (χ1n) is 11.9. The molecule has 4 N–H and O–H groups in total. The van der Waals surface area contributed by atoms with Crippen LogP contribution in [0.5, 0.6) is 11.5 Å². The van der Waals surface area contributed by atoms with E-state index in [0.29, 0.717) is 24.3 Å². The molecule has 3 fully saturated rings. The van der Waals surface area contributed by atoms with Gasteiger partial charge in [-0.15, -0.1) is 0 Å². The number of hydrogen-bond acceptors (Lipinski definition) is 5. The molecule has 7 nitrogen and oxygen atoms in total. The lowest BCUT2D eigenvalue weighted by atomic mass is 9.48. The number of aromatic hydroxyl groups is 1. The Hall–Kier alpha value is -2.51. The smallest absolute Gasteiger partial charge is 0.268 e. The summed E-state index contributed by atoms with van der Waals surface area (Å²) < 4.78 is 6.48. The van der Waals surface area contributed by atoms with E-state index < -0.39 is 17.1 Å². The summed E-state index contributed by atoms with van der Waals surface area (Å²) in [4.78, 5) is 18.4. The second-order valence-corrected chi connectivity index (χ2v) is 10.5. The largest absolute Gasteiger partial charge is 0.504 e. The van der Waals surface area contributed by atoms with Gasteiger partial charge in [0.2, 0.25) is 0 Å². The number of nitrogens with zero attached hydrogens (tertiary/aromatic N) is 1. The highest BCUT2D eigenvalue weighted by atomic mass is 16.5. The molecule has 0 radical (unpaired) electrons. The molecule has 2 aromatic rings. The van der Waals surface area contributed by atoms with Crippen LogP contribution in [0.15, 0.2) is 30.5 Å². The van der Waals surface area contributed by atoms with Gasteiger partial charge in [0, 0.05) is 24.3 Å². The number of amides is 1. The van der Waals surface area contributed by atoms with Gasteiger partial charge in [0.05, 0.1) is 17.1 Å². The van der Waals surface area contributed by atoms with Crippen LogP contribution in [0.2, 0.25) is 0 Å². The predicted molar refractivity (Wildman–Crippen MR) is 117 cm³/mol. The average molecular weight is 436 g/mol. The molecule has 7 rings (SSSR count). The molecule has 1 aromatic carbocycles. The van der Waals surface area contributed by atoms with Crippen molar-refractivity contribution < 1.29 is 19.7 Å². The quantitative estimate of drug-likeness (QED) is 0.590. The zero-order valence-electron chi connectivity index (χ0n) is 18.0. The van der Waals surface area contributed by atoms with E-state index in [-0.39, 0.29) is 23.7 Å². The molecular formula is C25H29N3O4. The van der Waals surface area contributed by atoms with Crippen molar-refractivity contribution in [3.63, 3.8) is 0 Å². The van der Waals surface area contributed by atoms with Crippen molar-refractivity contribution in [1.82, 2.24) is 15.2 Å². The number of phenolic OH excluding ortho intramolecular Hbond substituents is 1. The van der Waals surface area contributed by atoms with Crippen LogP contribution >= 0.6 is 0 Å². The molecule has 168 valence electrons. The fraction of sp³-hybridized carbons (Fsp3) is 0.560. The van der Waals surface area contributed by atoms with Crippen LogP contribution in [-0.2, 0) is 11.8 Å². The molecule has 1 amide bonds. The molecule has 2 aliphatic heterocycles. The molecule has 3 aliphatic carbocycles. The lowest BCUT2D eigenvalue weighted by Gasteiger charge is -2.64. The molecule has 32 heavy (non-hydrogen) atoms. The number of benzene rings is 1. The van der Waals surface area contributed by atoms with Crippen LogP contribution in [0, 0.1) is 5.92 Å². The highest BCUT2D eigenvalue weighted by Crippen LogP contribution is 2.65. The van der Waals surface area contributed by atoms with Crippen molar-refractivity contribution in [3.8, 4) is 11.5 Å². The Morgan fingerprint density at radius 1 is 1.25 bits per heavy atom. The lowest BCUT2D eigenvalue weighted by molar-refractivity contribution is -0.191. The summed E-state index contributed by atoms with van der Waals surface area (Å²) in [6.07, 6.45) is 6.74. The zero-order valence-corrected chi connectivity index (χ0v) is 18.0. The number of hydrogen-bond donors (Lipinski definition) is 4. The number of ether oxygens (including phenoxy) is 1. The van der Waals surface area contributed by atoms with Gasteiger partial charge in [-0.25, -0.2) is 0 Å². The van der Waals surface area contributed by atoms with Crippen molar-refractivity contribution in [2.75, 3.05) is 13.1 Å². The molecule has 1 spiro atoms. The van der Waals surface area contributed by atoms with Gasteiger partial charge in [-0.3, -0.25) is 9.69 Å². The Bertz CT molecular complexity index is 1100. The van der Waals surface area contributed by atoms with Gasteiger partial charge in [-0.2, -0.15) is 0 Å². The molecule has 0 unspecified atom stereocenters. The maximum absolute atomic E-state index is 12.9. The first-order chi connectivity index (χ1) is 15.5. The third-order valence-electron chi connectivity index (χ3n) is 8.92. The van der Waals surface area contributed by atoms with Crippen molar-refractivity contribution in [1.29, 1.82) is 0 Å². The Morgan fingerprint density at radius 3 is 2.91 bits per heavy atom. The fourth-order valence-electron chi connectivity index (χ4n) is 7.35. The van der Waals surface area contributed by atoms with E-state index >= 15 is 0 Å². The second-order valence-electron chi connectivity index (χ2n) is 10.5. The minimum Gasteiger partial charge on any atom is -0.504 e. The Kier molecular flexibility index (Phi) is 3.74. The van der Waals surface area contributed by atoms with Crippen molar-refractivity contribution >= 4 is 5.91 Å². The standard InChI is InChI=1S/C25H29N3O4/c29-18-6-5-15-12-19-25(31)8-7-16(27-23(30)17-2-1-10-26-17)22-24(25,20(15)21(18)32-22)9-11-28(19)13-14-3-4-14/h1-2,5-6,10,14,16,19,22,26,29,31H,3-4,7-9,11-13H2,(H,27,30)/t16-,19+,22-,24-,25+/m0/s1. The predicted octanol–water partition coefficient (Wildman–Crippen LogP) is 2.08. The molecule has 7 heteroatoms. The number of rotatable bonds is 4. The first kappa shape index (κ1) is 19.0. The van der Waals surface area contributed by atoms with Gasteiger partial charge in [0.1, 0.15) is 11.8 Å². The van der Waals surface area contributed by atoms with Gasteiger partial charge in [0.15, 0.2) is 11.5 Å². The van der Waals surface area contributed by atoms with E-state index in [2.05, 4.69) is 15.2 Å². The number of carbonyl (C=O) groups is 1. The SMILES string of the molecule is O=C(N[C@H]1CC[C@@]2(O)[C@H]3Cc4ccc(O)c5c4[C@@]2(CCN3CC2CC2)[C@H]1O5)c1ccc[nH]1. The third kappa shape index (κ3) is 2.30. The lowest BCUT2D eigenvalue weighted by Crippen LogP contribution is -2.78. The summed E-state index contributed by atoms with van der Waals surface area (Å²) in [5.74, 6) is 1.24. The van der Waals surface area contributed by atoms with Crippen LogP contribution in [-0.4, -0.2) is 62.9 Å². The summed E-state index contributed by atoms with van der Waals surface area (Å²) in [7, 11) is 0. The summed E-state index contributed by atoms with van der Waals surface area (Å²) in [5, 5.41) is 26.3. The van der Waals surface area contributed by atoms with Crippen molar-refractivity contribution in [3.05, 3.63) is 47.3 Å². The maximum atomic E-state index is 12.9. The van der Waals surface area contributed by atoms with Gasteiger partial charge in [-0.1, -0.05) is 6.07 Å². The number of nitrogens with one attached hydrogen (secondary N) is 2. The molecule has 1 saturated heterocycles. The number of carbonyl (C=O) groups excluding carboxylic acids is 1. The average Bonchev–Trinajstić information content (AvgIpc) is 3.27. The molecular weight excluding hydrogens is 406 g/mol. The Morgan fingerprint density at radius 2 is 2.12 bits per heavy atom. The zero-order chi connectivity index (χ0) is 21.7. The van der Waals surface area contributed by atoms with E-state index in [4.69, 9.17) is 4.74 Å². The van der Waals surface area contributed by atoms with Crippen molar-refractivity contribution in [2.24, 2.45) is 5.92 Å².